The van der Waals surface area contributed by atoms with E-state index < -0.39 is 0 Å². The number of hydrogen-bond donors (Lipinski definition) is 1. The normalized spacial score (nSPS) is 23.8. The molecular weight excluding hydrogens is 416 g/mol. The minimum absolute atomic E-state index is 0. The fourth-order valence-corrected chi connectivity index (χ4v) is 4.52. The molecule has 3 aliphatic rings. The zero-order valence-corrected chi connectivity index (χ0v) is 17.5. The summed E-state index contributed by atoms with van der Waals surface area (Å²) in [5.74, 6) is 1.65. The van der Waals surface area contributed by atoms with Crippen LogP contribution in [0.3, 0.4) is 0 Å². The molecule has 6 nitrogen and oxygen atoms in total. The highest BCUT2D eigenvalue weighted by Crippen LogP contribution is 2.66. The molecule has 0 saturated heterocycles. The first-order valence-electron chi connectivity index (χ1n) is 9.13. The van der Waals surface area contributed by atoms with Crippen LogP contribution in [0.25, 0.3) is 17.2 Å². The van der Waals surface area contributed by atoms with Gasteiger partial charge in [0.2, 0.25) is 0 Å². The summed E-state index contributed by atoms with van der Waals surface area (Å²) in [6.07, 6.45) is 4.24. The molecule has 0 radical (unpaired) electrons. The van der Waals surface area contributed by atoms with Crippen LogP contribution in [-0.2, 0) is 5.41 Å². The maximum absolute atomic E-state index is 14.6. The molecule has 2 bridgehead atoms. The molecule has 0 aliphatic heterocycles. The summed E-state index contributed by atoms with van der Waals surface area (Å²) in [4.78, 5) is 4.45. The average molecular weight is 438 g/mol. The second-order valence-corrected chi connectivity index (χ2v) is 7.62. The fraction of sp³-hybridized carbons (Fsp3) is 0.350. The number of hydrogen-bond acceptors (Lipinski definition) is 5. The van der Waals surface area contributed by atoms with E-state index in [1.807, 2.05) is 25.1 Å². The summed E-state index contributed by atoms with van der Waals surface area (Å²) in [5.41, 5.74) is 7.10. The van der Waals surface area contributed by atoms with Crippen molar-refractivity contribution in [2.24, 2.45) is 5.73 Å². The number of rotatable bonds is 5. The molecule has 2 aromatic heterocycles. The maximum Gasteiger partial charge on any atom is 0.187 e. The minimum Gasteiger partial charge on any atom is -0.492 e. The first-order chi connectivity index (χ1) is 13.0. The first-order valence-corrected chi connectivity index (χ1v) is 9.13. The minimum atomic E-state index is -0.320. The van der Waals surface area contributed by atoms with Crippen LogP contribution in [0.4, 0.5) is 4.39 Å². The van der Waals surface area contributed by atoms with Gasteiger partial charge in [0.05, 0.1) is 18.5 Å². The van der Waals surface area contributed by atoms with Crippen molar-refractivity contribution in [2.75, 3.05) is 6.61 Å². The maximum atomic E-state index is 14.6. The number of aromatic nitrogens is 4. The second-order valence-electron chi connectivity index (χ2n) is 7.62. The lowest BCUT2D eigenvalue weighted by molar-refractivity contribution is -0.0664. The Morgan fingerprint density at radius 3 is 2.41 bits per heavy atom. The Labute approximate surface area is 180 Å². The SMILES string of the molecule is CCOc1ccc(-c2nnc(C34CC(N)(C3)C4)n2-c2ccccc2F)nc1.Cl.Cl. The molecule has 0 amide bonds. The lowest BCUT2D eigenvalue weighted by Gasteiger charge is -2.68. The van der Waals surface area contributed by atoms with Crippen LogP contribution in [0.2, 0.25) is 0 Å². The van der Waals surface area contributed by atoms with Crippen LogP contribution in [0.5, 0.6) is 5.75 Å². The van der Waals surface area contributed by atoms with Gasteiger partial charge in [-0.1, -0.05) is 12.1 Å². The smallest absolute Gasteiger partial charge is 0.187 e. The molecule has 2 N–H and O–H groups in total. The number of nitrogens with zero attached hydrogens (tertiary/aromatic N) is 4. The van der Waals surface area contributed by atoms with Gasteiger partial charge in [-0.15, -0.1) is 35.0 Å². The van der Waals surface area contributed by atoms with Crippen molar-refractivity contribution < 1.29 is 9.13 Å². The van der Waals surface area contributed by atoms with Crippen LogP contribution in [0.15, 0.2) is 42.6 Å². The van der Waals surface area contributed by atoms with Gasteiger partial charge in [0, 0.05) is 11.0 Å². The molecule has 3 fully saturated rings. The van der Waals surface area contributed by atoms with Gasteiger partial charge in [-0.05, 0) is 50.5 Å². The highest BCUT2D eigenvalue weighted by molar-refractivity contribution is 5.85. The molecular formula is C20H22Cl2FN5O. The van der Waals surface area contributed by atoms with Gasteiger partial charge >= 0.3 is 0 Å². The predicted molar refractivity (Wildman–Crippen MR) is 113 cm³/mol. The number of halogens is 3. The lowest BCUT2D eigenvalue weighted by atomic mass is 9.39. The molecule has 1 aromatic carbocycles. The van der Waals surface area contributed by atoms with Gasteiger partial charge in [0.25, 0.3) is 0 Å². The van der Waals surface area contributed by atoms with E-state index in [0.717, 1.165) is 25.1 Å². The molecule has 3 saturated carbocycles. The summed E-state index contributed by atoms with van der Waals surface area (Å²) in [7, 11) is 0. The van der Waals surface area contributed by atoms with Crippen LogP contribution < -0.4 is 10.5 Å². The number of nitrogens with two attached hydrogens (primary N) is 1. The second kappa shape index (κ2) is 7.55. The highest BCUT2D eigenvalue weighted by atomic mass is 35.5. The molecule has 29 heavy (non-hydrogen) atoms. The largest absolute Gasteiger partial charge is 0.492 e. The first kappa shape index (κ1) is 21.5. The van der Waals surface area contributed by atoms with E-state index in [9.17, 15) is 4.39 Å². The Hall–Kier alpha value is -2.22. The Balaban J connectivity index is 0.00000120. The van der Waals surface area contributed by atoms with Crippen molar-refractivity contribution in [2.45, 2.75) is 37.1 Å². The summed E-state index contributed by atoms with van der Waals surface area (Å²) >= 11 is 0. The van der Waals surface area contributed by atoms with Crippen molar-refractivity contribution in [3.63, 3.8) is 0 Å². The topological polar surface area (TPSA) is 78.9 Å². The van der Waals surface area contributed by atoms with E-state index in [1.54, 1.807) is 22.9 Å². The van der Waals surface area contributed by atoms with Crippen LogP contribution in [-0.4, -0.2) is 31.9 Å². The van der Waals surface area contributed by atoms with E-state index in [-0.39, 0.29) is 41.6 Å². The molecule has 0 atom stereocenters. The number of pyridine rings is 1. The Bertz CT molecular complexity index is 1000. The monoisotopic (exact) mass is 437 g/mol. The van der Waals surface area contributed by atoms with Gasteiger partial charge in [0.15, 0.2) is 5.82 Å². The van der Waals surface area contributed by atoms with Gasteiger partial charge < -0.3 is 10.5 Å². The lowest BCUT2D eigenvalue weighted by Crippen LogP contribution is -2.75. The summed E-state index contributed by atoms with van der Waals surface area (Å²) in [6, 6.07) is 10.3. The number of para-hydroxylation sites is 1. The number of ether oxygens (including phenoxy) is 1. The third-order valence-electron chi connectivity index (χ3n) is 5.58. The van der Waals surface area contributed by atoms with Gasteiger partial charge in [-0.25, -0.2) is 9.37 Å². The quantitative estimate of drug-likeness (QED) is 0.655. The molecule has 0 spiro atoms. The van der Waals surface area contributed by atoms with E-state index in [4.69, 9.17) is 10.5 Å². The Morgan fingerprint density at radius 1 is 1.10 bits per heavy atom. The van der Waals surface area contributed by atoms with Crippen molar-refractivity contribution in [3.8, 4) is 23.0 Å². The summed E-state index contributed by atoms with van der Waals surface area (Å²) in [6.45, 7) is 2.49. The van der Waals surface area contributed by atoms with Crippen molar-refractivity contribution in [1.82, 2.24) is 19.7 Å². The van der Waals surface area contributed by atoms with E-state index in [0.29, 0.717) is 29.6 Å². The number of benzene rings is 1. The standard InChI is InChI=1S/C20H20FN5O.2ClH/c1-2-27-13-7-8-15(23-9-13)17-24-25-18(19-10-20(22,11-19)12-19)26(17)16-6-4-3-5-14(16)21;;/h3-9H,2,10-12,22H2,1H3;2*1H. The van der Waals surface area contributed by atoms with Gasteiger partial charge in [-0.3, -0.25) is 4.57 Å². The zero-order valence-electron chi connectivity index (χ0n) is 15.8. The van der Waals surface area contributed by atoms with E-state index >= 15 is 0 Å². The van der Waals surface area contributed by atoms with Crippen LogP contribution >= 0.6 is 24.8 Å². The highest BCUT2D eigenvalue weighted by Gasteiger charge is 2.68. The average Bonchev–Trinajstić information content (AvgIpc) is 3.04. The van der Waals surface area contributed by atoms with Crippen molar-refractivity contribution in [1.29, 1.82) is 0 Å². The Morgan fingerprint density at radius 2 is 1.83 bits per heavy atom. The third-order valence-corrected chi connectivity index (χ3v) is 5.58. The molecule has 3 aromatic rings. The molecule has 2 heterocycles. The van der Waals surface area contributed by atoms with Crippen molar-refractivity contribution in [3.05, 3.63) is 54.2 Å². The van der Waals surface area contributed by atoms with E-state index in [1.165, 1.54) is 6.07 Å². The fourth-order valence-electron chi connectivity index (χ4n) is 4.52. The molecule has 154 valence electrons. The van der Waals surface area contributed by atoms with Crippen LogP contribution in [0, 0.1) is 5.82 Å². The predicted octanol–water partition coefficient (Wildman–Crippen LogP) is 3.84. The summed E-state index contributed by atoms with van der Waals surface area (Å²) < 4.78 is 21.9. The molecule has 0 unspecified atom stereocenters. The van der Waals surface area contributed by atoms with E-state index in [2.05, 4.69) is 15.2 Å². The molecule has 9 heteroatoms. The van der Waals surface area contributed by atoms with Gasteiger partial charge in [0.1, 0.15) is 23.1 Å². The molecule has 6 rings (SSSR count). The van der Waals surface area contributed by atoms with Crippen LogP contribution in [0.1, 0.15) is 32.0 Å². The molecule has 3 aliphatic carbocycles. The zero-order chi connectivity index (χ0) is 18.6. The van der Waals surface area contributed by atoms with Crippen molar-refractivity contribution >= 4 is 24.8 Å². The van der Waals surface area contributed by atoms with Gasteiger partial charge in [-0.2, -0.15) is 0 Å². The summed E-state index contributed by atoms with van der Waals surface area (Å²) in [5, 5.41) is 8.83. The third kappa shape index (κ3) is 3.27. The Kier molecular flexibility index (Phi) is 5.60.